The largest absolute Gasteiger partial charge is 0.448 e. The van der Waals surface area contributed by atoms with Gasteiger partial charge in [-0.2, -0.15) is 0 Å². The highest BCUT2D eigenvalue weighted by atomic mass is 35.5. The third-order valence-corrected chi connectivity index (χ3v) is 4.46. The Morgan fingerprint density at radius 1 is 1.50 bits per heavy atom. The average Bonchev–Trinajstić information content (AvgIpc) is 2.95. The van der Waals surface area contributed by atoms with E-state index in [1.54, 1.807) is 18.2 Å². The van der Waals surface area contributed by atoms with Crippen molar-refractivity contribution in [1.29, 1.82) is 0 Å². The Labute approximate surface area is 135 Å². The molecule has 1 atom stereocenters. The van der Waals surface area contributed by atoms with Gasteiger partial charge in [-0.05, 0) is 24.1 Å². The number of halogens is 1. The first kappa shape index (κ1) is 14.9. The van der Waals surface area contributed by atoms with Gasteiger partial charge < -0.3 is 4.74 Å². The van der Waals surface area contributed by atoms with Gasteiger partial charge in [0.25, 0.3) is 5.91 Å². The van der Waals surface area contributed by atoms with Crippen LogP contribution >= 0.6 is 22.9 Å². The molecule has 6 nitrogen and oxygen atoms in total. The number of nitrogens with one attached hydrogen (secondary N) is 1. The zero-order chi connectivity index (χ0) is 15.7. The molecule has 1 aromatic carbocycles. The topological polar surface area (TPSA) is 81.2 Å². The molecule has 114 valence electrons. The van der Waals surface area contributed by atoms with E-state index < -0.39 is 18.0 Å². The number of aryl methyl sites for hydroxylation is 1. The van der Waals surface area contributed by atoms with Crippen molar-refractivity contribution in [3.05, 3.63) is 39.4 Å². The number of amides is 1. The van der Waals surface area contributed by atoms with E-state index in [9.17, 15) is 9.59 Å². The van der Waals surface area contributed by atoms with Crippen LogP contribution in [0.15, 0.2) is 18.2 Å². The van der Waals surface area contributed by atoms with Crippen LogP contribution in [0.1, 0.15) is 27.9 Å². The third-order valence-electron chi connectivity index (χ3n) is 3.24. The van der Waals surface area contributed by atoms with Gasteiger partial charge in [0, 0.05) is 11.4 Å². The summed E-state index contributed by atoms with van der Waals surface area (Å²) in [5.74, 6) is -0.955. The number of anilines is 1. The molecule has 0 radical (unpaired) electrons. The SMILES string of the molecule is CCc1nnc(NC(=O)[C@@H]2Cc3ccc(Cl)cc3C(=O)O2)s1. The predicted molar refractivity (Wildman–Crippen MR) is 82.3 cm³/mol. The molecule has 0 saturated heterocycles. The molecule has 2 heterocycles. The van der Waals surface area contributed by atoms with E-state index in [0.717, 1.165) is 17.0 Å². The molecule has 8 heteroatoms. The van der Waals surface area contributed by atoms with Crippen LogP contribution in [0.5, 0.6) is 0 Å². The molecule has 1 amide bonds. The lowest BCUT2D eigenvalue weighted by Crippen LogP contribution is -2.38. The minimum absolute atomic E-state index is 0.309. The molecule has 0 aliphatic carbocycles. The summed E-state index contributed by atoms with van der Waals surface area (Å²) in [7, 11) is 0. The highest BCUT2D eigenvalue weighted by Crippen LogP contribution is 2.25. The summed E-state index contributed by atoms with van der Waals surface area (Å²) in [5, 5.41) is 12.1. The third kappa shape index (κ3) is 2.95. The molecule has 0 spiro atoms. The second-order valence-electron chi connectivity index (χ2n) is 4.74. The molecule has 0 bridgehead atoms. The first-order valence-corrected chi connectivity index (χ1v) is 7.89. The molecule has 2 aromatic rings. The number of esters is 1. The van der Waals surface area contributed by atoms with Crippen LogP contribution in [0.4, 0.5) is 5.13 Å². The molecule has 3 rings (SSSR count). The monoisotopic (exact) mass is 337 g/mol. The van der Waals surface area contributed by atoms with Crippen LogP contribution < -0.4 is 5.32 Å². The smallest absolute Gasteiger partial charge is 0.339 e. The highest BCUT2D eigenvalue weighted by Gasteiger charge is 2.31. The summed E-state index contributed by atoms with van der Waals surface area (Å²) < 4.78 is 5.18. The van der Waals surface area contributed by atoms with Gasteiger partial charge in [-0.25, -0.2) is 4.79 Å². The van der Waals surface area contributed by atoms with E-state index in [4.69, 9.17) is 16.3 Å². The van der Waals surface area contributed by atoms with Crippen LogP contribution in [0.3, 0.4) is 0 Å². The first-order valence-electron chi connectivity index (χ1n) is 6.69. The summed E-state index contributed by atoms with van der Waals surface area (Å²) in [6.07, 6.45) is 0.180. The molecule has 1 aliphatic rings. The predicted octanol–water partition coefficient (Wildman–Crippen LogP) is 2.47. The number of cyclic esters (lactones) is 1. The van der Waals surface area contributed by atoms with Crippen molar-refractivity contribution in [3.63, 3.8) is 0 Å². The minimum atomic E-state index is -0.879. The van der Waals surface area contributed by atoms with E-state index in [-0.39, 0.29) is 0 Å². The van der Waals surface area contributed by atoms with Gasteiger partial charge in [0.1, 0.15) is 5.01 Å². The number of fused-ring (bicyclic) bond motifs is 1. The van der Waals surface area contributed by atoms with E-state index in [1.807, 2.05) is 6.92 Å². The normalized spacial score (nSPS) is 16.8. The van der Waals surface area contributed by atoms with Crippen LogP contribution in [0.25, 0.3) is 0 Å². The van der Waals surface area contributed by atoms with Crippen LogP contribution in [-0.2, 0) is 22.4 Å². The number of rotatable bonds is 3. The summed E-state index contributed by atoms with van der Waals surface area (Å²) in [5.41, 5.74) is 1.15. The van der Waals surface area contributed by atoms with Gasteiger partial charge in [0.05, 0.1) is 5.56 Å². The second kappa shape index (κ2) is 6.02. The number of carbonyl (C=O) groups excluding carboxylic acids is 2. The Hall–Kier alpha value is -1.99. The lowest BCUT2D eigenvalue weighted by atomic mass is 9.98. The summed E-state index contributed by atoms with van der Waals surface area (Å²) in [6, 6.07) is 4.97. The molecular weight excluding hydrogens is 326 g/mol. The first-order chi connectivity index (χ1) is 10.6. The minimum Gasteiger partial charge on any atom is -0.448 e. The maximum absolute atomic E-state index is 12.2. The standard InChI is InChI=1S/C14H12ClN3O3S/c1-2-11-17-18-14(22-11)16-12(19)10-5-7-3-4-8(15)6-9(7)13(20)21-10/h3-4,6,10H,2,5H2,1H3,(H,16,18,19)/t10-/m0/s1. The number of benzene rings is 1. The van der Waals surface area contributed by atoms with Crippen molar-refractivity contribution in [2.45, 2.75) is 25.9 Å². The number of carbonyl (C=O) groups is 2. The summed E-state index contributed by atoms with van der Waals surface area (Å²) in [6.45, 7) is 1.96. The molecule has 0 unspecified atom stereocenters. The van der Waals surface area contributed by atoms with Crippen LogP contribution in [0, 0.1) is 0 Å². The fourth-order valence-corrected chi connectivity index (χ4v) is 2.98. The lowest BCUT2D eigenvalue weighted by Gasteiger charge is -2.23. The maximum Gasteiger partial charge on any atom is 0.339 e. The fourth-order valence-electron chi connectivity index (χ4n) is 2.13. The van der Waals surface area contributed by atoms with E-state index >= 15 is 0 Å². The van der Waals surface area contributed by atoms with Gasteiger partial charge in [-0.1, -0.05) is 35.9 Å². The van der Waals surface area contributed by atoms with Crippen molar-refractivity contribution in [2.75, 3.05) is 5.32 Å². The van der Waals surface area contributed by atoms with Crippen LogP contribution in [0.2, 0.25) is 5.02 Å². The Morgan fingerprint density at radius 3 is 3.05 bits per heavy atom. The molecule has 0 fully saturated rings. The number of aromatic nitrogens is 2. The van der Waals surface area contributed by atoms with Gasteiger partial charge in [0.15, 0.2) is 6.10 Å². The van der Waals surface area contributed by atoms with Crippen molar-refractivity contribution < 1.29 is 14.3 Å². The molecular formula is C14H12ClN3O3S. The number of hydrogen-bond acceptors (Lipinski definition) is 6. The second-order valence-corrected chi connectivity index (χ2v) is 6.24. The van der Waals surface area contributed by atoms with Gasteiger partial charge in [-0.15, -0.1) is 10.2 Å². The average molecular weight is 338 g/mol. The number of hydrogen-bond donors (Lipinski definition) is 1. The van der Waals surface area contributed by atoms with Crippen molar-refractivity contribution in [2.24, 2.45) is 0 Å². The quantitative estimate of drug-likeness (QED) is 0.870. The zero-order valence-electron chi connectivity index (χ0n) is 11.6. The Morgan fingerprint density at radius 2 is 2.32 bits per heavy atom. The molecule has 22 heavy (non-hydrogen) atoms. The van der Waals surface area contributed by atoms with Crippen LogP contribution in [-0.4, -0.2) is 28.2 Å². The van der Waals surface area contributed by atoms with E-state index in [2.05, 4.69) is 15.5 Å². The van der Waals surface area contributed by atoms with Crippen molar-refractivity contribution in [1.82, 2.24) is 10.2 Å². The Kier molecular flexibility index (Phi) is 4.08. The maximum atomic E-state index is 12.2. The molecule has 1 N–H and O–H groups in total. The highest BCUT2D eigenvalue weighted by molar-refractivity contribution is 7.15. The molecule has 1 aliphatic heterocycles. The molecule has 1 aromatic heterocycles. The Balaban J connectivity index is 1.74. The van der Waals surface area contributed by atoms with Crippen molar-refractivity contribution >= 4 is 39.9 Å². The number of nitrogens with zero attached hydrogens (tertiary/aromatic N) is 2. The fraction of sp³-hybridized carbons (Fsp3) is 0.286. The summed E-state index contributed by atoms with van der Waals surface area (Å²) >= 11 is 7.16. The van der Waals surface area contributed by atoms with Gasteiger partial charge >= 0.3 is 5.97 Å². The van der Waals surface area contributed by atoms with Crippen molar-refractivity contribution in [3.8, 4) is 0 Å². The van der Waals surface area contributed by atoms with E-state index in [1.165, 1.54) is 11.3 Å². The van der Waals surface area contributed by atoms with E-state index in [0.29, 0.717) is 22.1 Å². The lowest BCUT2D eigenvalue weighted by molar-refractivity contribution is -0.125. The zero-order valence-corrected chi connectivity index (χ0v) is 13.2. The Bertz CT molecular complexity index is 747. The summed E-state index contributed by atoms with van der Waals surface area (Å²) in [4.78, 5) is 24.2. The molecule has 0 saturated carbocycles. The van der Waals surface area contributed by atoms with Gasteiger partial charge in [0.2, 0.25) is 5.13 Å². The van der Waals surface area contributed by atoms with Gasteiger partial charge in [-0.3, -0.25) is 10.1 Å². The number of ether oxygens (including phenoxy) is 1.